The molecular formula is C24H27N3O4S. The van der Waals surface area contributed by atoms with Crippen molar-refractivity contribution in [3.63, 3.8) is 0 Å². The van der Waals surface area contributed by atoms with E-state index in [1.807, 2.05) is 13.0 Å². The number of carbonyl (C=O) groups is 2. The molecule has 1 aliphatic rings. The first-order valence-corrected chi connectivity index (χ1v) is 11.5. The summed E-state index contributed by atoms with van der Waals surface area (Å²) in [5.74, 6) is -0.785. The molecule has 0 bridgehead atoms. The Morgan fingerprint density at radius 2 is 1.78 bits per heavy atom. The monoisotopic (exact) mass is 453 g/mol. The first-order valence-electron chi connectivity index (χ1n) is 10.7. The number of anilines is 1. The SMILES string of the molecule is COC(=O)c1ccccc1C(=O)N(CCN1CCOCC1)c1nc2c(C)ccc(C)c2s1. The molecule has 2 aromatic carbocycles. The van der Waals surface area contributed by atoms with E-state index in [4.69, 9.17) is 14.5 Å². The van der Waals surface area contributed by atoms with Gasteiger partial charge in [0.1, 0.15) is 0 Å². The average Bonchev–Trinajstić information content (AvgIpc) is 3.28. The highest BCUT2D eigenvalue weighted by Crippen LogP contribution is 2.34. The summed E-state index contributed by atoms with van der Waals surface area (Å²) >= 11 is 1.51. The Morgan fingerprint density at radius 3 is 2.47 bits per heavy atom. The van der Waals surface area contributed by atoms with Crippen molar-refractivity contribution in [3.8, 4) is 0 Å². The fraction of sp³-hybridized carbons (Fsp3) is 0.375. The molecule has 0 N–H and O–H groups in total. The van der Waals surface area contributed by atoms with E-state index < -0.39 is 5.97 Å². The molecule has 1 aliphatic heterocycles. The van der Waals surface area contributed by atoms with Crippen LogP contribution >= 0.6 is 11.3 Å². The number of nitrogens with zero attached hydrogens (tertiary/aromatic N) is 3. The zero-order chi connectivity index (χ0) is 22.7. The molecule has 1 saturated heterocycles. The normalized spacial score (nSPS) is 14.5. The zero-order valence-corrected chi connectivity index (χ0v) is 19.4. The summed E-state index contributed by atoms with van der Waals surface area (Å²) in [6.07, 6.45) is 0. The third-order valence-electron chi connectivity index (χ3n) is 5.71. The highest BCUT2D eigenvalue weighted by Gasteiger charge is 2.27. The van der Waals surface area contributed by atoms with E-state index >= 15 is 0 Å². The molecule has 0 aliphatic carbocycles. The van der Waals surface area contributed by atoms with Gasteiger partial charge in [0.25, 0.3) is 5.91 Å². The van der Waals surface area contributed by atoms with Crippen LogP contribution in [0, 0.1) is 13.8 Å². The van der Waals surface area contributed by atoms with Crippen molar-refractivity contribution in [3.05, 3.63) is 58.7 Å². The van der Waals surface area contributed by atoms with Crippen LogP contribution in [0.4, 0.5) is 5.13 Å². The standard InChI is InChI=1S/C24H27N3O4S/c1-16-8-9-17(2)21-20(16)25-24(32-21)27(11-10-26-12-14-31-15-13-26)22(28)18-6-4-5-7-19(18)23(29)30-3/h4-9H,10-15H2,1-3H3. The van der Waals surface area contributed by atoms with Crippen LogP contribution in [0.1, 0.15) is 31.8 Å². The molecule has 1 aromatic heterocycles. The second kappa shape index (κ2) is 9.77. The maximum atomic E-state index is 13.7. The topological polar surface area (TPSA) is 72.0 Å². The number of hydrogen-bond acceptors (Lipinski definition) is 7. The summed E-state index contributed by atoms with van der Waals surface area (Å²) < 4.78 is 11.4. The van der Waals surface area contributed by atoms with Gasteiger partial charge in [-0.2, -0.15) is 0 Å². The third kappa shape index (κ3) is 4.53. The van der Waals surface area contributed by atoms with E-state index in [-0.39, 0.29) is 11.5 Å². The minimum Gasteiger partial charge on any atom is -0.465 e. The molecular weight excluding hydrogens is 426 g/mol. The molecule has 7 nitrogen and oxygen atoms in total. The van der Waals surface area contributed by atoms with Crippen molar-refractivity contribution in [1.29, 1.82) is 0 Å². The van der Waals surface area contributed by atoms with Crippen LogP contribution in [0.15, 0.2) is 36.4 Å². The number of hydrogen-bond donors (Lipinski definition) is 0. The lowest BCUT2D eigenvalue weighted by Gasteiger charge is -2.29. The van der Waals surface area contributed by atoms with Crippen molar-refractivity contribution in [2.45, 2.75) is 13.8 Å². The fourth-order valence-electron chi connectivity index (χ4n) is 3.82. The van der Waals surface area contributed by atoms with Crippen LogP contribution in [0.3, 0.4) is 0 Å². The zero-order valence-electron chi connectivity index (χ0n) is 18.6. The van der Waals surface area contributed by atoms with Gasteiger partial charge in [-0.15, -0.1) is 0 Å². The summed E-state index contributed by atoms with van der Waals surface area (Å²) in [5, 5.41) is 0.635. The van der Waals surface area contributed by atoms with Crippen LogP contribution in [-0.2, 0) is 9.47 Å². The number of aryl methyl sites for hydroxylation is 2. The van der Waals surface area contributed by atoms with Crippen molar-refractivity contribution >= 4 is 38.6 Å². The number of aromatic nitrogens is 1. The Hall–Kier alpha value is -2.81. The Balaban J connectivity index is 1.73. The molecule has 168 valence electrons. The number of ether oxygens (including phenoxy) is 2. The van der Waals surface area contributed by atoms with E-state index in [1.165, 1.54) is 18.4 Å². The van der Waals surface area contributed by atoms with Crippen LogP contribution in [-0.4, -0.2) is 68.3 Å². The number of morpholine rings is 1. The average molecular weight is 454 g/mol. The summed E-state index contributed by atoms with van der Waals surface area (Å²) in [6.45, 7) is 8.29. The maximum Gasteiger partial charge on any atom is 0.338 e. The summed E-state index contributed by atoms with van der Waals surface area (Å²) in [5.41, 5.74) is 3.68. The second-order valence-electron chi connectivity index (χ2n) is 7.82. The molecule has 3 aromatic rings. The van der Waals surface area contributed by atoms with Crippen LogP contribution in [0.25, 0.3) is 10.2 Å². The molecule has 0 radical (unpaired) electrons. The quantitative estimate of drug-likeness (QED) is 0.530. The van der Waals surface area contributed by atoms with Gasteiger partial charge in [0, 0.05) is 26.2 Å². The predicted octanol–water partition coefficient (Wildman–Crippen LogP) is 3.68. The van der Waals surface area contributed by atoms with Gasteiger partial charge in [-0.1, -0.05) is 35.6 Å². The summed E-state index contributed by atoms with van der Waals surface area (Å²) in [6, 6.07) is 10.9. The highest BCUT2D eigenvalue weighted by atomic mass is 32.1. The minimum absolute atomic E-state index is 0.254. The van der Waals surface area contributed by atoms with Crippen molar-refractivity contribution in [1.82, 2.24) is 9.88 Å². The number of carbonyl (C=O) groups excluding carboxylic acids is 2. The van der Waals surface area contributed by atoms with Gasteiger partial charge in [-0.25, -0.2) is 9.78 Å². The smallest absolute Gasteiger partial charge is 0.338 e. The highest BCUT2D eigenvalue weighted by molar-refractivity contribution is 7.22. The Kier molecular flexibility index (Phi) is 6.83. The number of benzene rings is 2. The molecule has 8 heteroatoms. The number of methoxy groups -OCH3 is 1. The van der Waals surface area contributed by atoms with Gasteiger partial charge in [0.05, 0.1) is 41.7 Å². The number of rotatable bonds is 6. The molecule has 32 heavy (non-hydrogen) atoms. The van der Waals surface area contributed by atoms with Crippen LogP contribution in [0.2, 0.25) is 0 Å². The van der Waals surface area contributed by atoms with Gasteiger partial charge in [-0.05, 0) is 37.1 Å². The van der Waals surface area contributed by atoms with Crippen molar-refractivity contribution in [2.24, 2.45) is 0 Å². The van der Waals surface area contributed by atoms with E-state index in [9.17, 15) is 9.59 Å². The van der Waals surface area contributed by atoms with Gasteiger partial charge < -0.3 is 9.47 Å². The fourth-order valence-corrected chi connectivity index (χ4v) is 4.95. The largest absolute Gasteiger partial charge is 0.465 e. The Labute approximate surface area is 191 Å². The van der Waals surface area contributed by atoms with Gasteiger partial charge in [0.15, 0.2) is 5.13 Å². The third-order valence-corrected chi connectivity index (χ3v) is 6.93. The number of esters is 1. The van der Waals surface area contributed by atoms with E-state index in [0.717, 1.165) is 34.4 Å². The van der Waals surface area contributed by atoms with Crippen LogP contribution < -0.4 is 4.90 Å². The van der Waals surface area contributed by atoms with E-state index in [2.05, 4.69) is 17.9 Å². The molecule has 0 unspecified atom stereocenters. The number of fused-ring (bicyclic) bond motifs is 1. The first-order chi connectivity index (χ1) is 15.5. The second-order valence-corrected chi connectivity index (χ2v) is 8.80. The molecule has 0 saturated carbocycles. The summed E-state index contributed by atoms with van der Waals surface area (Å²) in [7, 11) is 1.32. The number of amides is 1. The molecule has 1 amide bonds. The van der Waals surface area contributed by atoms with E-state index in [0.29, 0.717) is 37.0 Å². The molecule has 0 atom stereocenters. The first kappa shape index (κ1) is 22.4. The predicted molar refractivity (Wildman–Crippen MR) is 126 cm³/mol. The molecule has 4 rings (SSSR count). The van der Waals surface area contributed by atoms with Gasteiger partial charge in [-0.3, -0.25) is 14.6 Å². The van der Waals surface area contributed by atoms with Gasteiger partial charge >= 0.3 is 5.97 Å². The maximum absolute atomic E-state index is 13.7. The number of thiazole rings is 1. The Bertz CT molecular complexity index is 1100. The van der Waals surface area contributed by atoms with Crippen molar-refractivity contribution in [2.75, 3.05) is 51.4 Å². The molecule has 1 fully saturated rings. The minimum atomic E-state index is -0.530. The lowest BCUT2D eigenvalue weighted by atomic mass is 10.1. The van der Waals surface area contributed by atoms with Gasteiger partial charge in [0.2, 0.25) is 0 Å². The molecule has 2 heterocycles. The Morgan fingerprint density at radius 1 is 1.09 bits per heavy atom. The van der Waals surface area contributed by atoms with Crippen molar-refractivity contribution < 1.29 is 19.1 Å². The summed E-state index contributed by atoms with van der Waals surface area (Å²) in [4.78, 5) is 34.9. The lowest BCUT2D eigenvalue weighted by Crippen LogP contribution is -2.43. The van der Waals surface area contributed by atoms with E-state index in [1.54, 1.807) is 29.2 Å². The molecule has 0 spiro atoms. The lowest BCUT2D eigenvalue weighted by molar-refractivity contribution is 0.0390. The van der Waals surface area contributed by atoms with Crippen LogP contribution in [0.5, 0.6) is 0 Å².